The van der Waals surface area contributed by atoms with E-state index in [2.05, 4.69) is 25.8 Å². The second-order valence-corrected chi connectivity index (χ2v) is 3.77. The van der Waals surface area contributed by atoms with Crippen molar-refractivity contribution in [3.8, 4) is 12.3 Å². The maximum absolute atomic E-state index is 11.5. The van der Waals surface area contributed by atoms with E-state index in [0.29, 0.717) is 25.4 Å². The maximum Gasteiger partial charge on any atom is 0.310 e. The number of carbonyl (C=O) groups is 1. The molecule has 0 amide bonds. The van der Waals surface area contributed by atoms with Crippen LogP contribution in [0, 0.1) is 24.2 Å². The van der Waals surface area contributed by atoms with Gasteiger partial charge in [0.2, 0.25) is 0 Å². The minimum absolute atomic E-state index is 0.190. The third kappa shape index (κ3) is 6.79. The number of allylic oxidation sites excluding steroid dienone is 2. The van der Waals surface area contributed by atoms with Gasteiger partial charge in [0.05, 0.1) is 12.5 Å². The van der Waals surface area contributed by atoms with Gasteiger partial charge in [-0.25, -0.2) is 0 Å². The molecule has 84 valence electrons. The molecule has 0 N–H and O–H groups in total. The molecule has 0 aliphatic heterocycles. The summed E-state index contributed by atoms with van der Waals surface area (Å²) >= 11 is 0. The van der Waals surface area contributed by atoms with Gasteiger partial charge in [0.1, 0.15) is 0 Å². The standard InChI is InChI=1S/C13H20O2/c1-5-8-12(13(14)15-6-2)10-7-9-11(3)4/h1,7,9,11-12H,6,8,10H2,2-4H3. The number of terminal acetylenes is 1. The van der Waals surface area contributed by atoms with Crippen LogP contribution in [0.25, 0.3) is 0 Å². The Bertz CT molecular complexity index is 246. The van der Waals surface area contributed by atoms with Crippen molar-refractivity contribution in [2.75, 3.05) is 6.61 Å². The third-order valence-electron chi connectivity index (χ3n) is 1.93. The molecule has 0 saturated carbocycles. The number of esters is 1. The fourth-order valence-corrected chi connectivity index (χ4v) is 1.18. The Hall–Kier alpha value is -1.23. The SMILES string of the molecule is C#CCC(CC=CC(C)C)C(=O)OCC. The summed E-state index contributed by atoms with van der Waals surface area (Å²) in [5, 5.41) is 0. The molecular weight excluding hydrogens is 188 g/mol. The first-order valence-corrected chi connectivity index (χ1v) is 5.38. The van der Waals surface area contributed by atoms with Crippen LogP contribution in [0.5, 0.6) is 0 Å². The van der Waals surface area contributed by atoms with Gasteiger partial charge in [-0.05, 0) is 19.3 Å². The Kier molecular flexibility index (Phi) is 7.44. The Balaban J connectivity index is 4.16. The smallest absolute Gasteiger partial charge is 0.310 e. The van der Waals surface area contributed by atoms with Crippen LogP contribution < -0.4 is 0 Å². The summed E-state index contributed by atoms with van der Waals surface area (Å²) in [6.45, 7) is 6.40. The van der Waals surface area contributed by atoms with Crippen LogP contribution in [0.15, 0.2) is 12.2 Å². The zero-order chi connectivity index (χ0) is 11.7. The van der Waals surface area contributed by atoms with Gasteiger partial charge in [-0.3, -0.25) is 4.79 Å². The first kappa shape index (κ1) is 13.8. The van der Waals surface area contributed by atoms with E-state index in [0.717, 1.165) is 0 Å². The lowest BCUT2D eigenvalue weighted by atomic mass is 10.0. The molecule has 0 rings (SSSR count). The summed E-state index contributed by atoms with van der Waals surface area (Å²) in [6.07, 6.45) is 10.4. The number of ether oxygens (including phenoxy) is 1. The molecule has 1 atom stereocenters. The van der Waals surface area contributed by atoms with Crippen LogP contribution in [0.3, 0.4) is 0 Å². The highest BCUT2D eigenvalue weighted by molar-refractivity contribution is 5.73. The van der Waals surface area contributed by atoms with E-state index < -0.39 is 0 Å². The van der Waals surface area contributed by atoms with Crippen molar-refractivity contribution >= 4 is 5.97 Å². The van der Waals surface area contributed by atoms with Crippen molar-refractivity contribution in [3.63, 3.8) is 0 Å². The fourth-order valence-electron chi connectivity index (χ4n) is 1.18. The normalized spacial score (nSPS) is 12.7. The highest BCUT2D eigenvalue weighted by Gasteiger charge is 2.16. The molecule has 0 aliphatic carbocycles. The van der Waals surface area contributed by atoms with Gasteiger partial charge in [-0.2, -0.15) is 0 Å². The molecule has 2 heteroatoms. The third-order valence-corrected chi connectivity index (χ3v) is 1.93. The lowest BCUT2D eigenvalue weighted by molar-refractivity contribution is -0.147. The van der Waals surface area contributed by atoms with Crippen molar-refractivity contribution in [1.29, 1.82) is 0 Å². The van der Waals surface area contributed by atoms with Crippen LogP contribution in [-0.4, -0.2) is 12.6 Å². The molecule has 0 saturated heterocycles. The first-order chi connectivity index (χ1) is 7.11. The van der Waals surface area contributed by atoms with Gasteiger partial charge in [0.15, 0.2) is 0 Å². The monoisotopic (exact) mass is 208 g/mol. The Morgan fingerprint density at radius 1 is 1.53 bits per heavy atom. The van der Waals surface area contributed by atoms with E-state index in [4.69, 9.17) is 11.2 Å². The Labute approximate surface area is 92.7 Å². The second-order valence-electron chi connectivity index (χ2n) is 3.77. The summed E-state index contributed by atoms with van der Waals surface area (Å²) < 4.78 is 4.95. The Morgan fingerprint density at radius 3 is 2.67 bits per heavy atom. The van der Waals surface area contributed by atoms with Crippen LogP contribution in [0.1, 0.15) is 33.6 Å². The van der Waals surface area contributed by atoms with E-state index in [9.17, 15) is 4.79 Å². The quantitative estimate of drug-likeness (QED) is 0.381. The Morgan fingerprint density at radius 2 is 2.20 bits per heavy atom. The summed E-state index contributed by atoms with van der Waals surface area (Å²) in [5.41, 5.74) is 0. The summed E-state index contributed by atoms with van der Waals surface area (Å²) in [5.74, 6) is 2.63. The van der Waals surface area contributed by atoms with Crippen molar-refractivity contribution in [2.45, 2.75) is 33.6 Å². The molecule has 0 aliphatic rings. The molecule has 0 aromatic rings. The van der Waals surface area contributed by atoms with Crippen LogP contribution >= 0.6 is 0 Å². The van der Waals surface area contributed by atoms with Gasteiger partial charge in [-0.1, -0.05) is 26.0 Å². The number of hydrogen-bond donors (Lipinski definition) is 0. The molecule has 0 spiro atoms. The molecule has 1 unspecified atom stereocenters. The van der Waals surface area contributed by atoms with Crippen molar-refractivity contribution in [2.24, 2.45) is 11.8 Å². The predicted octanol–water partition coefficient (Wildman–Crippen LogP) is 2.79. The summed E-state index contributed by atoms with van der Waals surface area (Å²) in [4.78, 5) is 11.5. The van der Waals surface area contributed by atoms with Gasteiger partial charge in [-0.15, -0.1) is 12.3 Å². The van der Waals surface area contributed by atoms with E-state index in [-0.39, 0.29) is 11.9 Å². The second kappa shape index (κ2) is 8.11. The maximum atomic E-state index is 11.5. The molecule has 0 radical (unpaired) electrons. The zero-order valence-corrected chi connectivity index (χ0v) is 9.82. The lowest BCUT2D eigenvalue weighted by Crippen LogP contribution is -2.16. The minimum Gasteiger partial charge on any atom is -0.466 e. The molecular formula is C13H20O2. The number of carbonyl (C=O) groups excluding carboxylic acids is 1. The molecule has 0 fully saturated rings. The van der Waals surface area contributed by atoms with Gasteiger partial charge < -0.3 is 4.74 Å². The van der Waals surface area contributed by atoms with Crippen LogP contribution in [0.2, 0.25) is 0 Å². The van der Waals surface area contributed by atoms with Gasteiger partial charge in [0, 0.05) is 6.42 Å². The highest BCUT2D eigenvalue weighted by atomic mass is 16.5. The van der Waals surface area contributed by atoms with Crippen molar-refractivity contribution in [3.05, 3.63) is 12.2 Å². The fraction of sp³-hybridized carbons (Fsp3) is 0.615. The van der Waals surface area contributed by atoms with Crippen LogP contribution in [0.4, 0.5) is 0 Å². The van der Waals surface area contributed by atoms with E-state index in [1.54, 1.807) is 6.92 Å². The van der Waals surface area contributed by atoms with Crippen LogP contribution in [-0.2, 0) is 9.53 Å². The van der Waals surface area contributed by atoms with Gasteiger partial charge in [0.25, 0.3) is 0 Å². The number of hydrogen-bond acceptors (Lipinski definition) is 2. The number of rotatable bonds is 6. The molecule has 0 heterocycles. The average Bonchev–Trinajstić information content (AvgIpc) is 2.16. The first-order valence-electron chi connectivity index (χ1n) is 5.38. The minimum atomic E-state index is -0.191. The molecule has 0 aromatic heterocycles. The molecule has 15 heavy (non-hydrogen) atoms. The summed E-state index contributed by atoms with van der Waals surface area (Å²) in [6, 6.07) is 0. The molecule has 2 nitrogen and oxygen atoms in total. The zero-order valence-electron chi connectivity index (χ0n) is 9.82. The summed E-state index contributed by atoms with van der Waals surface area (Å²) in [7, 11) is 0. The van der Waals surface area contributed by atoms with E-state index in [1.165, 1.54) is 0 Å². The molecule has 0 bridgehead atoms. The topological polar surface area (TPSA) is 26.3 Å². The van der Waals surface area contributed by atoms with Gasteiger partial charge >= 0.3 is 5.97 Å². The largest absolute Gasteiger partial charge is 0.466 e. The highest BCUT2D eigenvalue weighted by Crippen LogP contribution is 2.12. The molecule has 0 aromatic carbocycles. The van der Waals surface area contributed by atoms with Crippen molar-refractivity contribution in [1.82, 2.24) is 0 Å². The van der Waals surface area contributed by atoms with Crippen molar-refractivity contribution < 1.29 is 9.53 Å². The lowest BCUT2D eigenvalue weighted by Gasteiger charge is -2.10. The average molecular weight is 208 g/mol. The van der Waals surface area contributed by atoms with E-state index in [1.807, 2.05) is 6.08 Å². The predicted molar refractivity (Wildman–Crippen MR) is 62.2 cm³/mol. The van der Waals surface area contributed by atoms with E-state index >= 15 is 0 Å².